The van der Waals surface area contributed by atoms with E-state index in [0.29, 0.717) is 11.8 Å². The van der Waals surface area contributed by atoms with Gasteiger partial charge in [-0.15, -0.1) is 0 Å². The quantitative estimate of drug-likeness (QED) is 0.775. The van der Waals surface area contributed by atoms with Crippen LogP contribution in [-0.2, 0) is 0 Å². The Labute approximate surface area is 94.7 Å². The summed E-state index contributed by atoms with van der Waals surface area (Å²) in [5, 5.41) is 10.7. The first-order chi connectivity index (χ1) is 6.96. The lowest BCUT2D eigenvalue weighted by Gasteiger charge is -2.42. The van der Waals surface area contributed by atoms with Crippen LogP contribution in [0.15, 0.2) is 0 Å². The second-order valence-corrected chi connectivity index (χ2v) is 5.78. The molecule has 0 saturated heterocycles. The first kappa shape index (κ1) is 13.0. The van der Waals surface area contributed by atoms with Crippen LogP contribution in [0.5, 0.6) is 0 Å². The van der Waals surface area contributed by atoms with E-state index < -0.39 is 5.60 Å². The largest absolute Gasteiger partial charge is 0.390 e. The summed E-state index contributed by atoms with van der Waals surface area (Å²) in [6.07, 6.45) is 5.71. The zero-order chi connectivity index (χ0) is 11.5. The number of aliphatic hydroxyl groups is 1. The first-order valence-electron chi connectivity index (χ1n) is 6.33. The van der Waals surface area contributed by atoms with E-state index in [2.05, 4.69) is 32.8 Å². The summed E-state index contributed by atoms with van der Waals surface area (Å²) >= 11 is 0. The SMILES string of the molecule is CC(C)C(CN(C)C)C1(O)CCCCC1. The molecule has 0 aromatic heterocycles. The highest BCUT2D eigenvalue weighted by Gasteiger charge is 2.39. The molecule has 1 saturated carbocycles. The van der Waals surface area contributed by atoms with Crippen molar-refractivity contribution < 1.29 is 5.11 Å². The van der Waals surface area contributed by atoms with E-state index in [-0.39, 0.29) is 0 Å². The van der Waals surface area contributed by atoms with Crippen molar-refractivity contribution in [2.75, 3.05) is 20.6 Å². The Balaban J connectivity index is 2.67. The lowest BCUT2D eigenvalue weighted by Crippen LogP contribution is -2.46. The summed E-state index contributed by atoms with van der Waals surface area (Å²) in [5.74, 6) is 0.989. The minimum Gasteiger partial charge on any atom is -0.390 e. The monoisotopic (exact) mass is 213 g/mol. The summed E-state index contributed by atoms with van der Waals surface area (Å²) in [6.45, 7) is 5.48. The van der Waals surface area contributed by atoms with Crippen molar-refractivity contribution in [2.45, 2.75) is 51.6 Å². The van der Waals surface area contributed by atoms with Gasteiger partial charge in [0, 0.05) is 12.5 Å². The molecule has 0 amide bonds. The number of hydrogen-bond acceptors (Lipinski definition) is 2. The predicted octanol–water partition coefficient (Wildman–Crippen LogP) is 2.52. The molecule has 1 fully saturated rings. The average molecular weight is 213 g/mol. The van der Waals surface area contributed by atoms with Gasteiger partial charge in [-0.05, 0) is 32.9 Å². The zero-order valence-electron chi connectivity index (χ0n) is 10.8. The summed E-state index contributed by atoms with van der Waals surface area (Å²) < 4.78 is 0. The van der Waals surface area contributed by atoms with Crippen LogP contribution in [0.2, 0.25) is 0 Å². The molecular formula is C13H27NO. The zero-order valence-corrected chi connectivity index (χ0v) is 10.8. The van der Waals surface area contributed by atoms with Crippen molar-refractivity contribution >= 4 is 0 Å². The van der Waals surface area contributed by atoms with E-state index in [1.807, 2.05) is 0 Å². The van der Waals surface area contributed by atoms with Crippen LogP contribution in [0.1, 0.15) is 46.0 Å². The maximum absolute atomic E-state index is 10.7. The number of nitrogens with zero attached hydrogens (tertiary/aromatic N) is 1. The van der Waals surface area contributed by atoms with Crippen LogP contribution in [-0.4, -0.2) is 36.2 Å². The highest BCUT2D eigenvalue weighted by atomic mass is 16.3. The van der Waals surface area contributed by atoms with Crippen LogP contribution in [0.25, 0.3) is 0 Å². The third-order valence-electron chi connectivity index (χ3n) is 3.78. The highest BCUT2D eigenvalue weighted by Crippen LogP contribution is 2.38. The molecule has 1 atom stereocenters. The van der Waals surface area contributed by atoms with Gasteiger partial charge in [0.15, 0.2) is 0 Å². The minimum absolute atomic E-state index is 0.392. The van der Waals surface area contributed by atoms with E-state index in [1.165, 1.54) is 19.3 Å². The predicted molar refractivity (Wildman–Crippen MR) is 64.9 cm³/mol. The fraction of sp³-hybridized carbons (Fsp3) is 1.00. The summed E-state index contributed by atoms with van der Waals surface area (Å²) in [6, 6.07) is 0. The van der Waals surface area contributed by atoms with Crippen LogP contribution in [0.3, 0.4) is 0 Å². The number of hydrogen-bond donors (Lipinski definition) is 1. The Morgan fingerprint density at radius 1 is 1.13 bits per heavy atom. The molecule has 1 rings (SSSR count). The van der Waals surface area contributed by atoms with E-state index in [9.17, 15) is 5.11 Å². The van der Waals surface area contributed by atoms with Crippen molar-refractivity contribution in [3.05, 3.63) is 0 Å². The van der Waals surface area contributed by atoms with Gasteiger partial charge < -0.3 is 10.0 Å². The fourth-order valence-electron chi connectivity index (χ4n) is 2.93. The van der Waals surface area contributed by atoms with Crippen LogP contribution < -0.4 is 0 Å². The van der Waals surface area contributed by atoms with E-state index >= 15 is 0 Å². The molecule has 15 heavy (non-hydrogen) atoms. The maximum Gasteiger partial charge on any atom is 0.0690 e. The van der Waals surface area contributed by atoms with Gasteiger partial charge in [-0.3, -0.25) is 0 Å². The van der Waals surface area contributed by atoms with Gasteiger partial charge in [-0.25, -0.2) is 0 Å². The molecule has 90 valence electrons. The minimum atomic E-state index is -0.392. The van der Waals surface area contributed by atoms with Gasteiger partial charge in [-0.1, -0.05) is 33.1 Å². The van der Waals surface area contributed by atoms with Crippen molar-refractivity contribution in [2.24, 2.45) is 11.8 Å². The van der Waals surface area contributed by atoms with Crippen molar-refractivity contribution in [1.29, 1.82) is 0 Å². The lowest BCUT2D eigenvalue weighted by molar-refractivity contribution is -0.0721. The van der Waals surface area contributed by atoms with E-state index in [0.717, 1.165) is 19.4 Å². The second kappa shape index (κ2) is 5.31. The first-order valence-corrected chi connectivity index (χ1v) is 6.33. The van der Waals surface area contributed by atoms with Gasteiger partial charge in [0.1, 0.15) is 0 Å². The third kappa shape index (κ3) is 3.46. The molecule has 1 N–H and O–H groups in total. The molecule has 1 aliphatic carbocycles. The Morgan fingerprint density at radius 2 is 1.67 bits per heavy atom. The highest BCUT2D eigenvalue weighted by molar-refractivity contribution is 4.91. The molecule has 2 nitrogen and oxygen atoms in total. The fourth-order valence-corrected chi connectivity index (χ4v) is 2.93. The normalized spacial score (nSPS) is 23.4. The Morgan fingerprint density at radius 3 is 2.07 bits per heavy atom. The molecule has 1 aliphatic rings. The topological polar surface area (TPSA) is 23.5 Å². The Kier molecular flexibility index (Phi) is 4.60. The van der Waals surface area contributed by atoms with E-state index in [1.54, 1.807) is 0 Å². The molecular weight excluding hydrogens is 186 g/mol. The standard InChI is InChI=1S/C13H27NO/c1-11(2)12(10-14(3)4)13(15)8-6-5-7-9-13/h11-12,15H,5-10H2,1-4H3. The maximum atomic E-state index is 10.7. The molecule has 0 aliphatic heterocycles. The van der Waals surface area contributed by atoms with Crippen molar-refractivity contribution in [3.8, 4) is 0 Å². The van der Waals surface area contributed by atoms with Gasteiger partial charge in [-0.2, -0.15) is 0 Å². The Hall–Kier alpha value is -0.0800. The molecule has 0 bridgehead atoms. The third-order valence-corrected chi connectivity index (χ3v) is 3.78. The molecule has 0 aromatic rings. The van der Waals surface area contributed by atoms with Gasteiger partial charge >= 0.3 is 0 Å². The molecule has 0 radical (unpaired) electrons. The van der Waals surface area contributed by atoms with Crippen LogP contribution >= 0.6 is 0 Å². The average Bonchev–Trinajstić information content (AvgIpc) is 2.14. The van der Waals surface area contributed by atoms with Crippen molar-refractivity contribution in [3.63, 3.8) is 0 Å². The molecule has 0 heterocycles. The Bertz CT molecular complexity index is 183. The van der Waals surface area contributed by atoms with Crippen LogP contribution in [0, 0.1) is 11.8 Å². The molecule has 2 heteroatoms. The summed E-state index contributed by atoms with van der Waals surface area (Å²) in [5.41, 5.74) is -0.392. The molecule has 1 unspecified atom stereocenters. The number of rotatable bonds is 4. The van der Waals surface area contributed by atoms with E-state index in [4.69, 9.17) is 0 Å². The lowest BCUT2D eigenvalue weighted by atomic mass is 9.71. The second-order valence-electron chi connectivity index (χ2n) is 5.78. The summed E-state index contributed by atoms with van der Waals surface area (Å²) in [4.78, 5) is 2.21. The smallest absolute Gasteiger partial charge is 0.0690 e. The van der Waals surface area contributed by atoms with Crippen molar-refractivity contribution in [1.82, 2.24) is 4.90 Å². The molecule has 0 spiro atoms. The van der Waals surface area contributed by atoms with Gasteiger partial charge in [0.2, 0.25) is 0 Å². The van der Waals surface area contributed by atoms with Crippen LogP contribution in [0.4, 0.5) is 0 Å². The summed E-state index contributed by atoms with van der Waals surface area (Å²) in [7, 11) is 4.20. The van der Waals surface area contributed by atoms with Gasteiger partial charge in [0.25, 0.3) is 0 Å². The molecule has 0 aromatic carbocycles. The van der Waals surface area contributed by atoms with Gasteiger partial charge in [0.05, 0.1) is 5.60 Å².